The van der Waals surface area contributed by atoms with E-state index >= 15 is 0 Å². The van der Waals surface area contributed by atoms with Crippen molar-refractivity contribution in [2.75, 3.05) is 0 Å². The summed E-state index contributed by atoms with van der Waals surface area (Å²) in [5.74, 6) is 0.401. The average Bonchev–Trinajstić information content (AvgIpc) is 2.40. The molecule has 2 aromatic carbocycles. The smallest absolute Gasteiger partial charge is 0.416 e. The number of ether oxygens (including phenoxy) is 1. The van der Waals surface area contributed by atoms with Gasteiger partial charge in [0.1, 0.15) is 16.5 Å². The van der Waals surface area contributed by atoms with Crippen LogP contribution >= 0.6 is 12.2 Å². The Bertz CT molecular complexity index is 683. The minimum atomic E-state index is -4.42. The van der Waals surface area contributed by atoms with Crippen molar-refractivity contribution in [3.8, 4) is 11.5 Å². The molecule has 0 aromatic heterocycles. The standard InChI is InChI=1S/C15H12F3NOS/c1-9-5-6-13(12(7-9)14(19)21)20-11-4-2-3-10(8-11)15(16,17)18/h2-8H,1H3,(H2,19,21). The topological polar surface area (TPSA) is 35.2 Å². The fraction of sp³-hybridized carbons (Fsp3) is 0.133. The van der Waals surface area contributed by atoms with E-state index in [9.17, 15) is 13.2 Å². The Labute approximate surface area is 125 Å². The molecule has 0 radical (unpaired) electrons. The van der Waals surface area contributed by atoms with Crippen molar-refractivity contribution >= 4 is 17.2 Å². The highest BCUT2D eigenvalue weighted by molar-refractivity contribution is 7.80. The third-order valence-electron chi connectivity index (χ3n) is 2.79. The Balaban J connectivity index is 2.37. The quantitative estimate of drug-likeness (QED) is 0.851. The molecule has 0 heterocycles. The number of hydrogen-bond donors (Lipinski definition) is 1. The minimum Gasteiger partial charge on any atom is -0.457 e. The zero-order valence-electron chi connectivity index (χ0n) is 11.1. The van der Waals surface area contributed by atoms with Crippen LogP contribution in [-0.2, 0) is 6.18 Å². The van der Waals surface area contributed by atoms with E-state index in [1.54, 1.807) is 18.2 Å². The molecular weight excluding hydrogens is 299 g/mol. The third kappa shape index (κ3) is 3.72. The maximum Gasteiger partial charge on any atom is 0.416 e. The lowest BCUT2D eigenvalue weighted by atomic mass is 10.1. The lowest BCUT2D eigenvalue weighted by Gasteiger charge is -2.13. The second kappa shape index (κ2) is 5.73. The van der Waals surface area contributed by atoms with E-state index in [0.717, 1.165) is 17.7 Å². The van der Waals surface area contributed by atoms with E-state index in [1.807, 2.05) is 6.92 Å². The Morgan fingerprint density at radius 2 is 1.86 bits per heavy atom. The van der Waals surface area contributed by atoms with Gasteiger partial charge >= 0.3 is 6.18 Å². The Morgan fingerprint density at radius 1 is 1.14 bits per heavy atom. The van der Waals surface area contributed by atoms with E-state index in [1.165, 1.54) is 12.1 Å². The summed E-state index contributed by atoms with van der Waals surface area (Å²) in [5.41, 5.74) is 6.25. The number of halogens is 3. The average molecular weight is 311 g/mol. The normalized spacial score (nSPS) is 11.2. The first-order valence-corrected chi connectivity index (χ1v) is 6.44. The Kier molecular flexibility index (Phi) is 4.18. The number of nitrogens with two attached hydrogens (primary N) is 1. The molecule has 0 aliphatic rings. The van der Waals surface area contributed by atoms with Crippen molar-refractivity contribution in [2.24, 2.45) is 5.73 Å². The zero-order valence-corrected chi connectivity index (χ0v) is 11.9. The van der Waals surface area contributed by atoms with Crippen LogP contribution in [-0.4, -0.2) is 4.99 Å². The van der Waals surface area contributed by atoms with Gasteiger partial charge in [0.15, 0.2) is 0 Å². The van der Waals surface area contributed by atoms with E-state index in [0.29, 0.717) is 11.3 Å². The van der Waals surface area contributed by atoms with Gasteiger partial charge in [-0.2, -0.15) is 13.2 Å². The molecule has 21 heavy (non-hydrogen) atoms. The fourth-order valence-corrected chi connectivity index (χ4v) is 1.95. The van der Waals surface area contributed by atoms with Gasteiger partial charge in [-0.25, -0.2) is 0 Å². The van der Waals surface area contributed by atoms with Crippen LogP contribution in [0.2, 0.25) is 0 Å². The van der Waals surface area contributed by atoms with Crippen LogP contribution in [0.5, 0.6) is 11.5 Å². The van der Waals surface area contributed by atoms with Gasteiger partial charge in [-0.3, -0.25) is 0 Å². The van der Waals surface area contributed by atoms with Gasteiger partial charge in [0.2, 0.25) is 0 Å². The molecule has 2 nitrogen and oxygen atoms in total. The molecule has 2 rings (SSSR count). The number of thiocarbonyl (C=S) groups is 1. The summed E-state index contributed by atoms with van der Waals surface area (Å²) in [6, 6.07) is 9.77. The first-order chi connectivity index (χ1) is 9.77. The highest BCUT2D eigenvalue weighted by atomic mass is 32.1. The highest BCUT2D eigenvalue weighted by Crippen LogP contribution is 2.33. The molecule has 0 amide bonds. The predicted molar refractivity (Wildman–Crippen MR) is 78.6 cm³/mol. The molecule has 0 aliphatic heterocycles. The summed E-state index contributed by atoms with van der Waals surface area (Å²) in [6.45, 7) is 1.86. The van der Waals surface area contributed by atoms with E-state index in [2.05, 4.69) is 0 Å². The summed E-state index contributed by atoms with van der Waals surface area (Å²) >= 11 is 4.93. The van der Waals surface area contributed by atoms with Crippen molar-refractivity contribution in [3.05, 3.63) is 59.2 Å². The van der Waals surface area contributed by atoms with Gasteiger partial charge in [-0.15, -0.1) is 0 Å². The van der Waals surface area contributed by atoms with Gasteiger partial charge in [0.25, 0.3) is 0 Å². The van der Waals surface area contributed by atoms with Crippen LogP contribution < -0.4 is 10.5 Å². The molecular formula is C15H12F3NOS. The number of hydrogen-bond acceptors (Lipinski definition) is 2. The molecule has 2 aromatic rings. The van der Waals surface area contributed by atoms with Gasteiger partial charge in [-0.05, 0) is 37.3 Å². The van der Waals surface area contributed by atoms with Gasteiger partial charge in [0.05, 0.1) is 11.1 Å². The molecule has 0 atom stereocenters. The first-order valence-electron chi connectivity index (χ1n) is 6.03. The molecule has 0 saturated heterocycles. The predicted octanol–water partition coefficient (Wildman–Crippen LogP) is 4.44. The van der Waals surface area contributed by atoms with Crippen LogP contribution in [0, 0.1) is 6.92 Å². The molecule has 110 valence electrons. The Hall–Kier alpha value is -2.08. The molecule has 2 N–H and O–H groups in total. The van der Waals surface area contributed by atoms with Crippen LogP contribution in [0.15, 0.2) is 42.5 Å². The summed E-state index contributed by atoms with van der Waals surface area (Å²) in [4.78, 5) is 0.126. The molecule has 0 bridgehead atoms. The molecule has 0 unspecified atom stereocenters. The molecule has 0 saturated carbocycles. The van der Waals surface area contributed by atoms with E-state index < -0.39 is 11.7 Å². The van der Waals surface area contributed by atoms with Gasteiger partial charge < -0.3 is 10.5 Å². The van der Waals surface area contributed by atoms with Gasteiger partial charge in [-0.1, -0.05) is 29.9 Å². The van der Waals surface area contributed by atoms with E-state index in [-0.39, 0.29) is 10.7 Å². The second-order valence-electron chi connectivity index (χ2n) is 4.49. The fourth-order valence-electron chi connectivity index (χ4n) is 1.79. The summed E-state index contributed by atoms with van der Waals surface area (Å²) < 4.78 is 43.5. The van der Waals surface area contributed by atoms with E-state index in [4.69, 9.17) is 22.7 Å². The largest absolute Gasteiger partial charge is 0.457 e. The summed E-state index contributed by atoms with van der Waals surface area (Å²) in [6.07, 6.45) is -4.42. The lowest BCUT2D eigenvalue weighted by Crippen LogP contribution is -2.11. The summed E-state index contributed by atoms with van der Waals surface area (Å²) in [7, 11) is 0. The summed E-state index contributed by atoms with van der Waals surface area (Å²) in [5, 5.41) is 0. The molecule has 0 fully saturated rings. The van der Waals surface area contributed by atoms with Gasteiger partial charge in [0, 0.05) is 0 Å². The van der Waals surface area contributed by atoms with Crippen LogP contribution in [0.3, 0.4) is 0 Å². The van der Waals surface area contributed by atoms with Crippen molar-refractivity contribution < 1.29 is 17.9 Å². The molecule has 0 aliphatic carbocycles. The first kappa shape index (κ1) is 15.3. The van der Waals surface area contributed by atoms with Crippen molar-refractivity contribution in [1.29, 1.82) is 0 Å². The minimum absolute atomic E-state index is 0.0752. The lowest BCUT2D eigenvalue weighted by molar-refractivity contribution is -0.137. The third-order valence-corrected chi connectivity index (χ3v) is 3.01. The maximum absolute atomic E-state index is 12.7. The van der Waals surface area contributed by atoms with Crippen LogP contribution in [0.25, 0.3) is 0 Å². The Morgan fingerprint density at radius 3 is 2.48 bits per heavy atom. The zero-order chi connectivity index (χ0) is 15.6. The number of benzene rings is 2. The monoisotopic (exact) mass is 311 g/mol. The number of alkyl halides is 3. The van der Waals surface area contributed by atoms with Crippen molar-refractivity contribution in [3.63, 3.8) is 0 Å². The number of rotatable bonds is 3. The molecule has 0 spiro atoms. The molecule has 6 heteroatoms. The number of aryl methyl sites for hydroxylation is 1. The van der Waals surface area contributed by atoms with Crippen molar-refractivity contribution in [1.82, 2.24) is 0 Å². The van der Waals surface area contributed by atoms with Crippen LogP contribution in [0.4, 0.5) is 13.2 Å². The highest BCUT2D eigenvalue weighted by Gasteiger charge is 2.30. The maximum atomic E-state index is 12.7. The van der Waals surface area contributed by atoms with Crippen molar-refractivity contribution in [2.45, 2.75) is 13.1 Å². The second-order valence-corrected chi connectivity index (χ2v) is 4.93. The SMILES string of the molecule is Cc1ccc(Oc2cccc(C(F)(F)F)c2)c(C(N)=S)c1. The van der Waals surface area contributed by atoms with Crippen LogP contribution in [0.1, 0.15) is 16.7 Å².